The summed E-state index contributed by atoms with van der Waals surface area (Å²) in [6.07, 6.45) is 3.81. The second kappa shape index (κ2) is 9.37. The highest BCUT2D eigenvalue weighted by Gasteiger charge is 2.25. The van der Waals surface area contributed by atoms with E-state index in [0.717, 1.165) is 31.2 Å². The van der Waals surface area contributed by atoms with Crippen LogP contribution in [0.2, 0.25) is 0 Å². The molecule has 1 aliphatic rings. The van der Waals surface area contributed by atoms with Gasteiger partial charge in [0.25, 0.3) is 0 Å². The number of nitrogens with one attached hydrogen (secondary N) is 2. The topological polar surface area (TPSA) is 78.5 Å². The van der Waals surface area contributed by atoms with Crippen LogP contribution in [0.15, 0.2) is 47.4 Å². The predicted molar refractivity (Wildman–Crippen MR) is 112 cm³/mol. The molecule has 0 unspecified atom stereocenters. The van der Waals surface area contributed by atoms with E-state index in [-0.39, 0.29) is 23.2 Å². The number of aryl methyl sites for hydroxylation is 1. The SMILES string of the molecule is Cc1ccc(F)cc1NCC(=O)Nc1cccc(S(=O)(=O)N2CCCCCC2)c1. The van der Waals surface area contributed by atoms with E-state index in [0.29, 0.717) is 24.5 Å². The van der Waals surface area contributed by atoms with Crippen molar-refractivity contribution >= 4 is 27.3 Å². The molecular weight excluding hydrogens is 393 g/mol. The maximum Gasteiger partial charge on any atom is 0.243 e. The predicted octanol–water partition coefficient (Wildman–Crippen LogP) is 3.75. The van der Waals surface area contributed by atoms with Crippen molar-refractivity contribution in [1.82, 2.24) is 4.31 Å². The van der Waals surface area contributed by atoms with Crippen molar-refractivity contribution in [3.05, 3.63) is 53.8 Å². The summed E-state index contributed by atoms with van der Waals surface area (Å²) in [5.41, 5.74) is 1.77. The lowest BCUT2D eigenvalue weighted by molar-refractivity contribution is -0.114. The van der Waals surface area contributed by atoms with E-state index < -0.39 is 10.0 Å². The Labute approximate surface area is 171 Å². The third-order valence-electron chi connectivity index (χ3n) is 4.96. The largest absolute Gasteiger partial charge is 0.376 e. The fraction of sp³-hybridized carbons (Fsp3) is 0.381. The molecule has 1 fully saturated rings. The molecule has 2 aromatic rings. The standard InChI is InChI=1S/C21H26FN3O3S/c1-16-9-10-17(22)13-20(16)23-15-21(26)24-18-7-6-8-19(14-18)29(27,28)25-11-4-2-3-5-12-25/h6-10,13-14,23H,2-5,11-12,15H2,1H3,(H,24,26). The van der Waals surface area contributed by atoms with Gasteiger partial charge in [-0.25, -0.2) is 12.8 Å². The number of rotatable bonds is 6. The highest BCUT2D eigenvalue weighted by atomic mass is 32.2. The third kappa shape index (κ3) is 5.55. The van der Waals surface area contributed by atoms with Gasteiger partial charge in [0, 0.05) is 24.5 Å². The lowest BCUT2D eigenvalue weighted by Gasteiger charge is -2.20. The lowest BCUT2D eigenvalue weighted by Crippen LogP contribution is -2.32. The molecule has 0 atom stereocenters. The molecule has 0 aliphatic carbocycles. The average molecular weight is 420 g/mol. The minimum atomic E-state index is -3.58. The monoisotopic (exact) mass is 419 g/mol. The van der Waals surface area contributed by atoms with E-state index in [9.17, 15) is 17.6 Å². The maximum absolute atomic E-state index is 13.4. The van der Waals surface area contributed by atoms with Crippen molar-refractivity contribution in [2.24, 2.45) is 0 Å². The number of amides is 1. The van der Waals surface area contributed by atoms with Crippen LogP contribution in [-0.4, -0.2) is 38.3 Å². The Hall–Kier alpha value is -2.45. The Balaban J connectivity index is 1.66. The normalized spacial score (nSPS) is 15.5. The van der Waals surface area contributed by atoms with E-state index in [2.05, 4.69) is 10.6 Å². The van der Waals surface area contributed by atoms with Crippen molar-refractivity contribution in [3.63, 3.8) is 0 Å². The molecule has 0 saturated carbocycles. The van der Waals surface area contributed by atoms with Crippen LogP contribution in [0.1, 0.15) is 31.2 Å². The van der Waals surface area contributed by atoms with E-state index in [1.54, 1.807) is 24.3 Å². The molecule has 1 saturated heterocycles. The number of benzene rings is 2. The molecule has 0 aromatic heterocycles. The molecule has 6 nitrogen and oxygen atoms in total. The number of hydrogen-bond donors (Lipinski definition) is 2. The van der Waals surface area contributed by atoms with Crippen LogP contribution in [0.5, 0.6) is 0 Å². The zero-order chi connectivity index (χ0) is 20.9. The van der Waals surface area contributed by atoms with Gasteiger partial charge in [0.05, 0.1) is 11.4 Å². The molecule has 2 N–H and O–H groups in total. The summed E-state index contributed by atoms with van der Waals surface area (Å²) in [6.45, 7) is 2.80. The smallest absolute Gasteiger partial charge is 0.243 e. The molecule has 29 heavy (non-hydrogen) atoms. The Morgan fingerprint density at radius 2 is 1.79 bits per heavy atom. The summed E-state index contributed by atoms with van der Waals surface area (Å²) in [4.78, 5) is 12.4. The molecular formula is C21H26FN3O3S. The van der Waals surface area contributed by atoms with Gasteiger partial charge >= 0.3 is 0 Å². The summed E-state index contributed by atoms with van der Waals surface area (Å²) in [5.74, 6) is -0.733. The minimum absolute atomic E-state index is 0.0621. The molecule has 2 aromatic carbocycles. The average Bonchev–Trinajstić information content (AvgIpc) is 2.99. The van der Waals surface area contributed by atoms with Crippen LogP contribution in [0, 0.1) is 12.7 Å². The summed E-state index contributed by atoms with van der Waals surface area (Å²) in [5, 5.41) is 5.59. The third-order valence-corrected chi connectivity index (χ3v) is 6.85. The molecule has 0 radical (unpaired) electrons. The number of anilines is 2. The first kappa shape index (κ1) is 21.3. The van der Waals surface area contributed by atoms with Crippen molar-refractivity contribution in [2.75, 3.05) is 30.3 Å². The number of hydrogen-bond acceptors (Lipinski definition) is 4. The number of nitrogens with zero attached hydrogens (tertiary/aromatic N) is 1. The highest BCUT2D eigenvalue weighted by Crippen LogP contribution is 2.23. The van der Waals surface area contributed by atoms with Crippen LogP contribution in [-0.2, 0) is 14.8 Å². The van der Waals surface area contributed by atoms with Crippen molar-refractivity contribution < 1.29 is 17.6 Å². The van der Waals surface area contributed by atoms with Crippen LogP contribution >= 0.6 is 0 Å². The fourth-order valence-electron chi connectivity index (χ4n) is 3.33. The van der Waals surface area contributed by atoms with Gasteiger partial charge in [-0.15, -0.1) is 0 Å². The molecule has 8 heteroatoms. The van der Waals surface area contributed by atoms with E-state index in [1.165, 1.54) is 22.5 Å². The minimum Gasteiger partial charge on any atom is -0.376 e. The molecule has 1 amide bonds. The van der Waals surface area contributed by atoms with Gasteiger partial charge in [-0.1, -0.05) is 25.0 Å². The Kier molecular flexibility index (Phi) is 6.87. The van der Waals surface area contributed by atoms with Crippen molar-refractivity contribution in [1.29, 1.82) is 0 Å². The fourth-order valence-corrected chi connectivity index (χ4v) is 4.89. The van der Waals surface area contributed by atoms with Gasteiger partial charge in [-0.2, -0.15) is 4.31 Å². The quantitative estimate of drug-likeness (QED) is 0.748. The molecule has 0 bridgehead atoms. The van der Waals surface area contributed by atoms with Crippen LogP contribution in [0.25, 0.3) is 0 Å². The number of carbonyl (C=O) groups is 1. The second-order valence-electron chi connectivity index (χ2n) is 7.21. The van der Waals surface area contributed by atoms with Crippen molar-refractivity contribution in [2.45, 2.75) is 37.5 Å². The first-order valence-electron chi connectivity index (χ1n) is 9.76. The van der Waals surface area contributed by atoms with Crippen LogP contribution in [0.3, 0.4) is 0 Å². The molecule has 1 heterocycles. The molecule has 1 aliphatic heterocycles. The molecule has 0 spiro atoms. The van der Waals surface area contributed by atoms with Gasteiger partial charge < -0.3 is 10.6 Å². The number of sulfonamides is 1. The van der Waals surface area contributed by atoms with E-state index in [4.69, 9.17) is 0 Å². The van der Waals surface area contributed by atoms with Gasteiger partial charge in [0.15, 0.2) is 0 Å². The Morgan fingerprint density at radius 1 is 1.07 bits per heavy atom. The van der Waals surface area contributed by atoms with Gasteiger partial charge in [0.2, 0.25) is 15.9 Å². The molecule has 3 rings (SSSR count). The van der Waals surface area contributed by atoms with Crippen LogP contribution in [0.4, 0.5) is 15.8 Å². The first-order valence-corrected chi connectivity index (χ1v) is 11.2. The van der Waals surface area contributed by atoms with E-state index in [1.807, 2.05) is 6.92 Å². The number of halogens is 1. The van der Waals surface area contributed by atoms with E-state index >= 15 is 0 Å². The highest BCUT2D eigenvalue weighted by molar-refractivity contribution is 7.89. The summed E-state index contributed by atoms with van der Waals surface area (Å²) in [7, 11) is -3.58. The van der Waals surface area contributed by atoms with Crippen molar-refractivity contribution in [3.8, 4) is 0 Å². The lowest BCUT2D eigenvalue weighted by atomic mass is 10.2. The zero-order valence-corrected chi connectivity index (χ0v) is 17.3. The Morgan fingerprint density at radius 3 is 2.52 bits per heavy atom. The Bertz CT molecular complexity index is 971. The summed E-state index contributed by atoms with van der Waals surface area (Å²) < 4.78 is 40.7. The molecule has 156 valence electrons. The van der Waals surface area contributed by atoms with Gasteiger partial charge in [0.1, 0.15) is 5.82 Å². The van der Waals surface area contributed by atoms with Gasteiger partial charge in [-0.3, -0.25) is 4.79 Å². The first-order chi connectivity index (χ1) is 13.9. The summed E-state index contributed by atoms with van der Waals surface area (Å²) in [6, 6.07) is 10.6. The van der Waals surface area contributed by atoms with Gasteiger partial charge in [-0.05, 0) is 55.7 Å². The summed E-state index contributed by atoms with van der Waals surface area (Å²) >= 11 is 0. The maximum atomic E-state index is 13.4. The van der Waals surface area contributed by atoms with Crippen LogP contribution < -0.4 is 10.6 Å². The number of carbonyl (C=O) groups excluding carboxylic acids is 1. The second-order valence-corrected chi connectivity index (χ2v) is 9.15. The zero-order valence-electron chi connectivity index (χ0n) is 16.4.